The van der Waals surface area contributed by atoms with Crippen LogP contribution in [0.25, 0.3) is 0 Å². The molecule has 64 valence electrons. The van der Waals surface area contributed by atoms with Crippen molar-refractivity contribution in [3.63, 3.8) is 0 Å². The van der Waals surface area contributed by atoms with Gasteiger partial charge in [-0.05, 0) is 36.0 Å². The Hall–Kier alpha value is -0.820. The molecular formula is C11H15N. The van der Waals surface area contributed by atoms with E-state index in [2.05, 4.69) is 25.1 Å². The van der Waals surface area contributed by atoms with Crippen LogP contribution in [-0.2, 0) is 12.8 Å². The van der Waals surface area contributed by atoms with Gasteiger partial charge in [0.1, 0.15) is 0 Å². The molecular weight excluding hydrogens is 146 g/mol. The monoisotopic (exact) mass is 161 g/mol. The van der Waals surface area contributed by atoms with Crippen molar-refractivity contribution in [1.82, 2.24) is 0 Å². The summed E-state index contributed by atoms with van der Waals surface area (Å²) in [4.78, 5) is 0. The topological polar surface area (TPSA) is 26.0 Å². The maximum Gasteiger partial charge on any atom is 0.0303 e. The molecule has 0 bridgehead atoms. The Kier molecular flexibility index (Phi) is 1.89. The van der Waals surface area contributed by atoms with E-state index in [1.54, 1.807) is 0 Å². The highest BCUT2D eigenvalue weighted by Crippen LogP contribution is 2.31. The molecule has 0 heterocycles. The fourth-order valence-corrected chi connectivity index (χ4v) is 2.12. The molecule has 0 fully saturated rings. The summed E-state index contributed by atoms with van der Waals surface area (Å²) < 4.78 is 0. The van der Waals surface area contributed by atoms with Crippen molar-refractivity contribution in [2.75, 3.05) is 0 Å². The summed E-state index contributed by atoms with van der Waals surface area (Å²) in [7, 11) is 0. The minimum Gasteiger partial charge on any atom is -0.324 e. The summed E-state index contributed by atoms with van der Waals surface area (Å²) >= 11 is 0. The van der Waals surface area contributed by atoms with Crippen molar-refractivity contribution >= 4 is 0 Å². The first kappa shape index (κ1) is 7.81. The van der Waals surface area contributed by atoms with Gasteiger partial charge in [0, 0.05) is 6.04 Å². The zero-order valence-corrected chi connectivity index (χ0v) is 7.51. The highest BCUT2D eigenvalue weighted by Gasteiger charge is 2.20. The Labute approximate surface area is 73.6 Å². The number of nitrogens with two attached hydrogens (primary N) is 1. The van der Waals surface area contributed by atoms with E-state index in [1.807, 2.05) is 0 Å². The predicted octanol–water partition coefficient (Wildman–Crippen LogP) is 2.20. The molecule has 1 unspecified atom stereocenters. The molecule has 2 rings (SSSR count). The first-order valence-electron chi connectivity index (χ1n) is 4.69. The third-order valence-corrected chi connectivity index (χ3v) is 2.76. The first-order chi connectivity index (χ1) is 5.83. The molecule has 0 saturated heterocycles. The van der Waals surface area contributed by atoms with Crippen molar-refractivity contribution in [2.24, 2.45) is 5.73 Å². The van der Waals surface area contributed by atoms with E-state index in [-0.39, 0.29) is 0 Å². The molecule has 1 aliphatic carbocycles. The largest absolute Gasteiger partial charge is 0.324 e. The third-order valence-electron chi connectivity index (χ3n) is 2.76. The van der Waals surface area contributed by atoms with E-state index in [4.69, 9.17) is 5.73 Å². The third kappa shape index (κ3) is 1.05. The highest BCUT2D eigenvalue weighted by atomic mass is 14.6. The summed E-state index contributed by atoms with van der Waals surface area (Å²) in [5.41, 5.74) is 10.4. The number of aryl methyl sites for hydroxylation is 2. The Balaban J connectivity index is 2.53. The van der Waals surface area contributed by atoms with Crippen LogP contribution in [0.4, 0.5) is 0 Å². The van der Waals surface area contributed by atoms with Crippen molar-refractivity contribution in [1.29, 1.82) is 0 Å². The average molecular weight is 161 g/mol. The van der Waals surface area contributed by atoms with Crippen LogP contribution < -0.4 is 5.73 Å². The van der Waals surface area contributed by atoms with Gasteiger partial charge < -0.3 is 5.73 Å². The lowest BCUT2D eigenvalue weighted by Gasteiger charge is -2.09. The van der Waals surface area contributed by atoms with Gasteiger partial charge >= 0.3 is 0 Å². The van der Waals surface area contributed by atoms with E-state index < -0.39 is 0 Å². The van der Waals surface area contributed by atoms with Crippen LogP contribution in [-0.4, -0.2) is 0 Å². The lowest BCUT2D eigenvalue weighted by atomic mass is 10.00. The van der Waals surface area contributed by atoms with Gasteiger partial charge in [0.25, 0.3) is 0 Å². The Bertz CT molecular complexity index is 291. The van der Waals surface area contributed by atoms with Crippen LogP contribution in [0.5, 0.6) is 0 Å². The van der Waals surface area contributed by atoms with E-state index in [1.165, 1.54) is 23.1 Å². The molecule has 0 aliphatic heterocycles. The fourth-order valence-electron chi connectivity index (χ4n) is 2.12. The average Bonchev–Trinajstić information content (AvgIpc) is 2.48. The number of benzene rings is 1. The van der Waals surface area contributed by atoms with E-state index >= 15 is 0 Å². The van der Waals surface area contributed by atoms with E-state index in [0.29, 0.717) is 6.04 Å². The van der Waals surface area contributed by atoms with Crippen LogP contribution in [0.3, 0.4) is 0 Å². The molecule has 0 aromatic heterocycles. The van der Waals surface area contributed by atoms with Gasteiger partial charge in [-0.15, -0.1) is 0 Å². The number of hydrogen-bond acceptors (Lipinski definition) is 1. The second-order valence-corrected chi connectivity index (χ2v) is 3.49. The van der Waals surface area contributed by atoms with Gasteiger partial charge in [-0.3, -0.25) is 0 Å². The molecule has 1 aromatic rings. The number of fused-ring (bicyclic) bond motifs is 1. The summed E-state index contributed by atoms with van der Waals surface area (Å²) in [6.45, 7) is 2.20. The summed E-state index contributed by atoms with van der Waals surface area (Å²) in [6, 6.07) is 6.86. The number of hydrogen-bond donors (Lipinski definition) is 1. The summed E-state index contributed by atoms with van der Waals surface area (Å²) in [6.07, 6.45) is 3.41. The molecule has 0 amide bonds. The van der Waals surface area contributed by atoms with Crippen molar-refractivity contribution < 1.29 is 0 Å². The number of rotatable bonds is 1. The molecule has 1 heteroatoms. The molecule has 2 N–H and O–H groups in total. The van der Waals surface area contributed by atoms with Crippen LogP contribution in [0.2, 0.25) is 0 Å². The summed E-state index contributed by atoms with van der Waals surface area (Å²) in [5.74, 6) is 0. The van der Waals surface area contributed by atoms with Crippen LogP contribution in [0.15, 0.2) is 18.2 Å². The SMILES string of the molecule is CCc1cccc2c1C(N)CC2. The van der Waals surface area contributed by atoms with Gasteiger partial charge in [-0.1, -0.05) is 25.1 Å². The second kappa shape index (κ2) is 2.91. The Morgan fingerprint density at radius 2 is 2.33 bits per heavy atom. The molecule has 1 aliphatic rings. The zero-order valence-electron chi connectivity index (χ0n) is 7.51. The molecule has 1 atom stereocenters. The molecule has 12 heavy (non-hydrogen) atoms. The second-order valence-electron chi connectivity index (χ2n) is 3.49. The van der Waals surface area contributed by atoms with Crippen molar-refractivity contribution in [3.8, 4) is 0 Å². The maximum atomic E-state index is 6.02. The standard InChI is InChI=1S/C11H15N/c1-2-8-4-3-5-9-6-7-10(12)11(8)9/h3-5,10H,2,6-7,12H2,1H3. The lowest BCUT2D eigenvalue weighted by Crippen LogP contribution is -2.07. The smallest absolute Gasteiger partial charge is 0.0303 e. The van der Waals surface area contributed by atoms with E-state index in [9.17, 15) is 0 Å². The quantitative estimate of drug-likeness (QED) is 0.671. The Morgan fingerprint density at radius 1 is 1.50 bits per heavy atom. The maximum absolute atomic E-state index is 6.02. The molecule has 1 aromatic carbocycles. The van der Waals surface area contributed by atoms with Crippen molar-refractivity contribution in [2.45, 2.75) is 32.2 Å². The highest BCUT2D eigenvalue weighted by molar-refractivity contribution is 5.40. The van der Waals surface area contributed by atoms with E-state index in [0.717, 1.165) is 12.8 Å². The van der Waals surface area contributed by atoms with Crippen LogP contribution >= 0.6 is 0 Å². The lowest BCUT2D eigenvalue weighted by molar-refractivity contribution is 0.707. The molecule has 0 saturated carbocycles. The van der Waals surface area contributed by atoms with Gasteiger partial charge in [0.05, 0.1) is 0 Å². The minimum atomic E-state index is 0.302. The van der Waals surface area contributed by atoms with Crippen LogP contribution in [0.1, 0.15) is 36.1 Å². The summed E-state index contributed by atoms with van der Waals surface area (Å²) in [5, 5.41) is 0. The molecule has 1 nitrogen and oxygen atoms in total. The molecule has 0 radical (unpaired) electrons. The first-order valence-corrected chi connectivity index (χ1v) is 4.69. The fraction of sp³-hybridized carbons (Fsp3) is 0.455. The zero-order chi connectivity index (χ0) is 8.55. The molecule has 0 spiro atoms. The van der Waals surface area contributed by atoms with Gasteiger partial charge in [0.15, 0.2) is 0 Å². The normalized spacial score (nSPS) is 21.0. The minimum absolute atomic E-state index is 0.302. The Morgan fingerprint density at radius 3 is 3.08 bits per heavy atom. The van der Waals surface area contributed by atoms with Gasteiger partial charge in [-0.2, -0.15) is 0 Å². The van der Waals surface area contributed by atoms with Crippen LogP contribution in [0, 0.1) is 0 Å². The predicted molar refractivity (Wildman–Crippen MR) is 51.1 cm³/mol. The van der Waals surface area contributed by atoms with Gasteiger partial charge in [0.2, 0.25) is 0 Å². The van der Waals surface area contributed by atoms with Crippen molar-refractivity contribution in [3.05, 3.63) is 34.9 Å². The van der Waals surface area contributed by atoms with Gasteiger partial charge in [-0.25, -0.2) is 0 Å².